The van der Waals surface area contributed by atoms with Crippen molar-refractivity contribution in [2.45, 2.75) is 19.6 Å². The number of ether oxygens (including phenoxy) is 3. The fraction of sp³-hybridized carbons (Fsp3) is 0.200. The Hall–Kier alpha value is -6.12. The first-order chi connectivity index (χ1) is 21.6. The van der Waals surface area contributed by atoms with Crippen LogP contribution in [0, 0.1) is 0 Å². The smallest absolute Gasteiger partial charge is 0.340 e. The van der Waals surface area contributed by atoms with E-state index in [2.05, 4.69) is 0 Å². The lowest BCUT2D eigenvalue weighted by Crippen LogP contribution is -2.55. The molecule has 4 aromatic rings. The number of nitrogens with two attached hydrogens (primary N) is 3. The minimum absolute atomic E-state index is 0.0916. The Balaban J connectivity index is 1.55. The van der Waals surface area contributed by atoms with Gasteiger partial charge >= 0.3 is 35.0 Å². The van der Waals surface area contributed by atoms with Gasteiger partial charge in [0.05, 0.1) is 36.3 Å². The lowest BCUT2D eigenvalue weighted by atomic mass is 10.2. The molecule has 0 aliphatic heterocycles. The van der Waals surface area contributed by atoms with Gasteiger partial charge in [-0.25, -0.2) is 42.5 Å². The molecular weight excluding hydrogens is 588 g/mol. The fourth-order valence-corrected chi connectivity index (χ4v) is 4.23. The van der Waals surface area contributed by atoms with Gasteiger partial charge < -0.3 is 31.4 Å². The van der Waals surface area contributed by atoms with Crippen molar-refractivity contribution < 1.29 is 28.6 Å². The van der Waals surface area contributed by atoms with Crippen LogP contribution in [0.5, 0.6) is 0 Å². The van der Waals surface area contributed by atoms with E-state index in [-0.39, 0.29) is 33.8 Å². The minimum atomic E-state index is -1.04. The molecule has 0 unspecified atom stereocenters. The van der Waals surface area contributed by atoms with Crippen LogP contribution in [0.2, 0.25) is 0 Å². The van der Waals surface area contributed by atoms with E-state index >= 15 is 0 Å². The highest BCUT2D eigenvalue weighted by Crippen LogP contribution is 2.13. The summed E-state index contributed by atoms with van der Waals surface area (Å²) in [5, 5.41) is 0. The Kier molecular flexibility index (Phi) is 10.2. The molecule has 4 rings (SSSR count). The molecule has 0 spiro atoms. The van der Waals surface area contributed by atoms with Crippen LogP contribution in [0.3, 0.4) is 0 Å². The number of benzene rings is 3. The van der Waals surface area contributed by atoms with Crippen molar-refractivity contribution in [3.8, 4) is 0 Å². The van der Waals surface area contributed by atoms with Gasteiger partial charge in [0.2, 0.25) is 0 Å². The second-order valence-corrected chi connectivity index (χ2v) is 9.47. The maximum Gasteiger partial charge on any atom is 0.340 e. The van der Waals surface area contributed by atoms with Crippen LogP contribution in [0.25, 0.3) is 0 Å². The first-order valence-electron chi connectivity index (χ1n) is 13.6. The molecule has 1 heterocycles. The standard InChI is InChI=1S/C30H30N6O9/c31-22-10-4-1-7-19(22)25(37)43-16-13-34-28(40)35(14-17-44-26(38)20-8-2-5-11-23(20)32)30(42)36(29(34)41)15-18-45-27(39)21-9-3-6-12-24(21)33/h1-12H,13-18,31-33H2. The molecule has 234 valence electrons. The highest BCUT2D eigenvalue weighted by Gasteiger charge is 2.19. The van der Waals surface area contributed by atoms with Gasteiger partial charge in [-0.05, 0) is 36.4 Å². The normalized spacial score (nSPS) is 10.7. The summed E-state index contributed by atoms with van der Waals surface area (Å²) in [6.45, 7) is -2.58. The second-order valence-electron chi connectivity index (χ2n) is 9.47. The molecule has 45 heavy (non-hydrogen) atoms. The molecule has 0 aliphatic rings. The van der Waals surface area contributed by atoms with Crippen LogP contribution in [0.15, 0.2) is 87.2 Å². The molecule has 6 N–H and O–H groups in total. The van der Waals surface area contributed by atoms with Crippen LogP contribution in [0.4, 0.5) is 17.1 Å². The zero-order chi connectivity index (χ0) is 32.5. The predicted molar refractivity (Wildman–Crippen MR) is 163 cm³/mol. The Morgan fingerprint density at radius 2 is 0.711 bits per heavy atom. The van der Waals surface area contributed by atoms with Crippen molar-refractivity contribution in [2.75, 3.05) is 37.0 Å². The summed E-state index contributed by atoms with van der Waals surface area (Å²) in [4.78, 5) is 77.2. The van der Waals surface area contributed by atoms with Crippen molar-refractivity contribution in [1.29, 1.82) is 0 Å². The Labute approximate surface area is 255 Å². The van der Waals surface area contributed by atoms with Gasteiger partial charge in [-0.1, -0.05) is 36.4 Å². The van der Waals surface area contributed by atoms with Gasteiger partial charge in [0.15, 0.2) is 0 Å². The highest BCUT2D eigenvalue weighted by molar-refractivity contribution is 5.96. The van der Waals surface area contributed by atoms with Crippen molar-refractivity contribution in [3.63, 3.8) is 0 Å². The van der Waals surface area contributed by atoms with Crippen molar-refractivity contribution in [2.24, 2.45) is 0 Å². The number of para-hydroxylation sites is 3. The second kappa shape index (κ2) is 14.4. The number of hydrogen-bond donors (Lipinski definition) is 3. The summed E-state index contributed by atoms with van der Waals surface area (Å²) in [5.41, 5.74) is 15.1. The van der Waals surface area contributed by atoms with Gasteiger partial charge in [0.1, 0.15) is 19.8 Å². The summed E-state index contributed by atoms with van der Waals surface area (Å²) in [5.74, 6) is -2.35. The van der Waals surface area contributed by atoms with E-state index < -0.39 is 74.4 Å². The van der Waals surface area contributed by atoms with E-state index in [1.807, 2.05) is 0 Å². The molecule has 0 saturated heterocycles. The van der Waals surface area contributed by atoms with Gasteiger partial charge in [-0.2, -0.15) is 0 Å². The SMILES string of the molecule is Nc1ccccc1C(=O)OCCn1c(=O)n(CCOC(=O)c2ccccc2N)c(=O)n(CCOC(=O)c2ccccc2N)c1=O. The quantitative estimate of drug-likeness (QED) is 0.112. The number of carbonyl (C=O) groups is 3. The fourth-order valence-electron chi connectivity index (χ4n) is 4.23. The molecule has 0 atom stereocenters. The first-order valence-corrected chi connectivity index (χ1v) is 13.6. The molecule has 0 amide bonds. The topological polar surface area (TPSA) is 223 Å². The number of nitrogens with zero attached hydrogens (tertiary/aromatic N) is 3. The lowest BCUT2D eigenvalue weighted by Gasteiger charge is -2.15. The van der Waals surface area contributed by atoms with Gasteiger partial charge in [0, 0.05) is 17.1 Å². The number of rotatable bonds is 12. The zero-order valence-electron chi connectivity index (χ0n) is 23.9. The van der Waals surface area contributed by atoms with Crippen molar-refractivity contribution in [3.05, 3.63) is 121 Å². The molecular formula is C30H30N6O9. The number of esters is 3. The molecule has 0 saturated carbocycles. The summed E-state index contributed by atoms with van der Waals surface area (Å²) >= 11 is 0. The third-order valence-electron chi connectivity index (χ3n) is 6.57. The minimum Gasteiger partial charge on any atom is -0.460 e. The average molecular weight is 619 g/mol. The number of anilines is 3. The lowest BCUT2D eigenvalue weighted by molar-refractivity contribution is 0.0488. The monoisotopic (exact) mass is 618 g/mol. The number of nitrogen functional groups attached to an aromatic ring is 3. The molecule has 15 nitrogen and oxygen atoms in total. The predicted octanol–water partition coefficient (Wildman–Crippen LogP) is 0.489. The molecule has 0 aliphatic carbocycles. The van der Waals surface area contributed by atoms with Gasteiger partial charge in [-0.15, -0.1) is 0 Å². The molecule has 3 aromatic carbocycles. The molecule has 1 aromatic heterocycles. The Morgan fingerprint density at radius 1 is 0.467 bits per heavy atom. The van der Waals surface area contributed by atoms with E-state index in [0.29, 0.717) is 13.7 Å². The Morgan fingerprint density at radius 3 is 0.956 bits per heavy atom. The van der Waals surface area contributed by atoms with E-state index in [1.54, 1.807) is 36.4 Å². The number of aromatic nitrogens is 3. The first kappa shape index (κ1) is 31.8. The number of carbonyl (C=O) groups excluding carboxylic acids is 3. The summed E-state index contributed by atoms with van der Waals surface area (Å²) in [6, 6.07) is 18.5. The molecule has 0 bridgehead atoms. The number of hydrogen-bond acceptors (Lipinski definition) is 12. The Bertz CT molecular complexity index is 1660. The highest BCUT2D eigenvalue weighted by atomic mass is 16.5. The van der Waals surface area contributed by atoms with Crippen LogP contribution >= 0.6 is 0 Å². The third-order valence-corrected chi connectivity index (χ3v) is 6.57. The average Bonchev–Trinajstić information content (AvgIpc) is 3.02. The van der Waals surface area contributed by atoms with Crippen LogP contribution in [-0.4, -0.2) is 51.4 Å². The van der Waals surface area contributed by atoms with Gasteiger partial charge in [-0.3, -0.25) is 0 Å². The maximum absolute atomic E-state index is 13.3. The summed E-state index contributed by atoms with van der Waals surface area (Å²) in [7, 11) is 0. The molecule has 0 fully saturated rings. The van der Waals surface area contributed by atoms with Crippen LogP contribution < -0.4 is 34.3 Å². The summed E-state index contributed by atoms with van der Waals surface area (Å²) in [6.07, 6.45) is 0. The van der Waals surface area contributed by atoms with Gasteiger partial charge in [0.25, 0.3) is 0 Å². The van der Waals surface area contributed by atoms with E-state index in [9.17, 15) is 28.8 Å². The third kappa shape index (κ3) is 7.45. The van der Waals surface area contributed by atoms with Crippen LogP contribution in [-0.2, 0) is 33.8 Å². The zero-order valence-corrected chi connectivity index (χ0v) is 23.9. The van der Waals surface area contributed by atoms with Crippen LogP contribution in [0.1, 0.15) is 31.1 Å². The molecule has 0 radical (unpaired) electrons. The van der Waals surface area contributed by atoms with E-state index in [0.717, 1.165) is 0 Å². The van der Waals surface area contributed by atoms with Crippen molar-refractivity contribution >= 4 is 35.0 Å². The van der Waals surface area contributed by atoms with E-state index in [1.165, 1.54) is 36.4 Å². The summed E-state index contributed by atoms with van der Waals surface area (Å²) < 4.78 is 17.6. The van der Waals surface area contributed by atoms with E-state index in [4.69, 9.17) is 31.4 Å². The maximum atomic E-state index is 13.3. The molecule has 15 heteroatoms. The van der Waals surface area contributed by atoms with Crippen molar-refractivity contribution in [1.82, 2.24) is 13.7 Å². The largest absolute Gasteiger partial charge is 0.460 e.